The van der Waals surface area contributed by atoms with Crippen molar-refractivity contribution in [3.8, 4) is 0 Å². The number of carboxylic acids is 1. The molecule has 0 bridgehead atoms. The summed E-state index contributed by atoms with van der Waals surface area (Å²) in [4.78, 5) is 22.9. The van der Waals surface area contributed by atoms with Crippen molar-refractivity contribution in [2.24, 2.45) is 0 Å². The summed E-state index contributed by atoms with van der Waals surface area (Å²) in [5.41, 5.74) is -3.05. The van der Waals surface area contributed by atoms with E-state index in [-0.39, 0.29) is 4.90 Å². The predicted octanol–water partition coefficient (Wildman–Crippen LogP) is 2.65. The second kappa shape index (κ2) is 5.26. The van der Waals surface area contributed by atoms with Crippen molar-refractivity contribution in [1.29, 1.82) is 0 Å². The van der Waals surface area contributed by atoms with E-state index in [9.17, 15) is 22.8 Å². The highest BCUT2D eigenvalue weighted by Gasteiger charge is 2.45. The van der Waals surface area contributed by atoms with Crippen LogP contribution in [-0.4, -0.2) is 45.9 Å². The summed E-state index contributed by atoms with van der Waals surface area (Å²) >= 11 is 0. The monoisotopic (exact) mass is 285 g/mol. The molecule has 1 N–H and O–H groups in total. The van der Waals surface area contributed by atoms with Gasteiger partial charge in [0.05, 0.1) is 0 Å². The third-order valence-corrected chi connectivity index (χ3v) is 2.15. The first-order valence-electron chi connectivity index (χ1n) is 5.47. The Kier molecular flexibility index (Phi) is 4.85. The molecule has 0 saturated carbocycles. The zero-order chi connectivity index (χ0) is 15.6. The Hall–Kier alpha value is -1.47. The van der Waals surface area contributed by atoms with E-state index < -0.39 is 35.9 Å². The van der Waals surface area contributed by atoms with Gasteiger partial charge in [-0.15, -0.1) is 0 Å². The number of hydrogen-bond acceptors (Lipinski definition) is 3. The molecule has 0 rings (SSSR count). The van der Waals surface area contributed by atoms with Crippen LogP contribution in [0.2, 0.25) is 0 Å². The zero-order valence-corrected chi connectivity index (χ0v) is 11.5. The molecule has 0 atom stereocenters. The molecule has 0 aromatic rings. The zero-order valence-electron chi connectivity index (χ0n) is 11.5. The molecule has 19 heavy (non-hydrogen) atoms. The number of rotatable bonds is 3. The predicted molar refractivity (Wildman–Crippen MR) is 60.7 cm³/mol. The lowest BCUT2D eigenvalue weighted by atomic mass is 10.0. The van der Waals surface area contributed by atoms with Crippen LogP contribution in [0.3, 0.4) is 0 Å². The van der Waals surface area contributed by atoms with Gasteiger partial charge in [0.1, 0.15) is 17.7 Å². The van der Waals surface area contributed by atoms with Crippen LogP contribution >= 0.6 is 0 Å². The number of alkyl halides is 3. The van der Waals surface area contributed by atoms with E-state index in [0.29, 0.717) is 0 Å². The van der Waals surface area contributed by atoms with Gasteiger partial charge in [0.15, 0.2) is 0 Å². The average molecular weight is 285 g/mol. The summed E-state index contributed by atoms with van der Waals surface area (Å²) in [6.07, 6.45) is -6.04. The van der Waals surface area contributed by atoms with Crippen LogP contribution in [0, 0.1) is 0 Å². The maximum absolute atomic E-state index is 12.5. The molecular weight excluding hydrogens is 267 g/mol. The molecule has 1 amide bonds. The van der Waals surface area contributed by atoms with Crippen LogP contribution in [0.5, 0.6) is 0 Å². The molecule has 0 radical (unpaired) electrons. The number of amides is 1. The Morgan fingerprint density at radius 1 is 1.11 bits per heavy atom. The smallest absolute Gasteiger partial charge is 0.411 e. The van der Waals surface area contributed by atoms with Crippen LogP contribution < -0.4 is 0 Å². The van der Waals surface area contributed by atoms with Gasteiger partial charge in [0, 0.05) is 0 Å². The van der Waals surface area contributed by atoms with E-state index in [1.807, 2.05) is 0 Å². The van der Waals surface area contributed by atoms with Gasteiger partial charge in [0.25, 0.3) is 0 Å². The van der Waals surface area contributed by atoms with Crippen LogP contribution in [0.1, 0.15) is 34.6 Å². The second-order valence-electron chi connectivity index (χ2n) is 5.55. The summed E-state index contributed by atoms with van der Waals surface area (Å²) in [5, 5.41) is 8.94. The number of carbonyl (C=O) groups is 2. The minimum atomic E-state index is -4.72. The summed E-state index contributed by atoms with van der Waals surface area (Å²) < 4.78 is 42.2. The van der Waals surface area contributed by atoms with Gasteiger partial charge in [-0.3, -0.25) is 4.90 Å². The second-order valence-corrected chi connectivity index (χ2v) is 5.55. The molecule has 0 heterocycles. The van der Waals surface area contributed by atoms with Gasteiger partial charge in [0.2, 0.25) is 0 Å². The first kappa shape index (κ1) is 17.5. The maximum Gasteiger partial charge on any atom is 0.411 e. The van der Waals surface area contributed by atoms with Gasteiger partial charge in [-0.05, 0) is 34.6 Å². The Labute approximate surface area is 109 Å². The van der Waals surface area contributed by atoms with Crippen molar-refractivity contribution in [2.45, 2.75) is 51.9 Å². The molecule has 0 saturated heterocycles. The van der Waals surface area contributed by atoms with Gasteiger partial charge in [-0.25, -0.2) is 9.59 Å². The van der Waals surface area contributed by atoms with E-state index in [2.05, 4.69) is 0 Å². The van der Waals surface area contributed by atoms with Crippen LogP contribution in [0.15, 0.2) is 0 Å². The normalized spacial score (nSPS) is 13.1. The van der Waals surface area contributed by atoms with E-state index in [1.54, 1.807) is 0 Å². The Bertz CT molecular complexity index is 358. The Morgan fingerprint density at radius 3 is 1.79 bits per heavy atom. The lowest BCUT2D eigenvalue weighted by Crippen LogP contribution is -2.57. The number of ether oxygens (including phenoxy) is 1. The van der Waals surface area contributed by atoms with Crippen molar-refractivity contribution in [3.05, 3.63) is 0 Å². The van der Waals surface area contributed by atoms with E-state index in [1.165, 1.54) is 20.8 Å². The van der Waals surface area contributed by atoms with Crippen LogP contribution in [0.25, 0.3) is 0 Å². The van der Waals surface area contributed by atoms with Gasteiger partial charge in [-0.1, -0.05) is 0 Å². The summed E-state index contributed by atoms with van der Waals surface area (Å²) in [6.45, 7) is 4.75. The summed E-state index contributed by atoms with van der Waals surface area (Å²) in [5.74, 6) is -1.55. The SMILES string of the molecule is CC(C)(C)OC(=O)N(CC(F)(F)F)C(C)(C)C(=O)O. The number of aliphatic carboxylic acids is 1. The van der Waals surface area contributed by atoms with Gasteiger partial charge < -0.3 is 9.84 Å². The first-order chi connectivity index (χ1) is 8.17. The fourth-order valence-corrected chi connectivity index (χ4v) is 1.10. The molecule has 0 fully saturated rings. The molecule has 5 nitrogen and oxygen atoms in total. The van der Waals surface area contributed by atoms with Crippen molar-refractivity contribution < 1.29 is 32.6 Å². The van der Waals surface area contributed by atoms with E-state index in [0.717, 1.165) is 13.8 Å². The van der Waals surface area contributed by atoms with Gasteiger partial charge >= 0.3 is 18.2 Å². The number of halogens is 3. The Morgan fingerprint density at radius 2 is 1.53 bits per heavy atom. The molecule has 112 valence electrons. The third kappa shape index (κ3) is 5.80. The van der Waals surface area contributed by atoms with Crippen molar-refractivity contribution in [2.75, 3.05) is 6.54 Å². The Balaban J connectivity index is 5.30. The number of hydrogen-bond donors (Lipinski definition) is 1. The quantitative estimate of drug-likeness (QED) is 0.865. The number of carbonyl (C=O) groups excluding carboxylic acids is 1. The van der Waals surface area contributed by atoms with Crippen molar-refractivity contribution in [3.63, 3.8) is 0 Å². The van der Waals surface area contributed by atoms with Crippen molar-refractivity contribution >= 4 is 12.1 Å². The molecule has 0 aromatic heterocycles. The molecular formula is C11H18F3NO4. The van der Waals surface area contributed by atoms with E-state index in [4.69, 9.17) is 9.84 Å². The molecule has 0 aliphatic carbocycles. The largest absolute Gasteiger partial charge is 0.480 e. The van der Waals surface area contributed by atoms with E-state index >= 15 is 0 Å². The maximum atomic E-state index is 12.5. The fraction of sp³-hybridized carbons (Fsp3) is 0.818. The number of carboxylic acid groups (broad SMARTS) is 1. The molecule has 0 aromatic carbocycles. The molecule has 0 aliphatic rings. The highest BCUT2D eigenvalue weighted by Crippen LogP contribution is 2.25. The van der Waals surface area contributed by atoms with Gasteiger partial charge in [-0.2, -0.15) is 13.2 Å². The molecule has 0 spiro atoms. The number of nitrogens with zero attached hydrogens (tertiary/aromatic N) is 1. The highest BCUT2D eigenvalue weighted by molar-refractivity contribution is 5.83. The summed E-state index contributed by atoms with van der Waals surface area (Å²) in [6, 6.07) is 0. The molecule has 0 aliphatic heterocycles. The first-order valence-corrected chi connectivity index (χ1v) is 5.47. The molecule has 8 heteroatoms. The fourth-order valence-electron chi connectivity index (χ4n) is 1.10. The van der Waals surface area contributed by atoms with Crippen LogP contribution in [-0.2, 0) is 9.53 Å². The van der Waals surface area contributed by atoms with Crippen molar-refractivity contribution in [1.82, 2.24) is 4.90 Å². The molecule has 0 unspecified atom stereocenters. The highest BCUT2D eigenvalue weighted by atomic mass is 19.4. The topological polar surface area (TPSA) is 66.8 Å². The lowest BCUT2D eigenvalue weighted by Gasteiger charge is -2.36. The van der Waals surface area contributed by atoms with Crippen LogP contribution in [0.4, 0.5) is 18.0 Å². The lowest BCUT2D eigenvalue weighted by molar-refractivity contribution is -0.168. The third-order valence-electron chi connectivity index (χ3n) is 2.15. The summed E-state index contributed by atoms with van der Waals surface area (Å²) in [7, 11) is 0. The minimum Gasteiger partial charge on any atom is -0.480 e. The average Bonchev–Trinajstić information content (AvgIpc) is 2.09. The standard InChI is InChI=1S/C11H18F3NO4/c1-9(2,3)19-8(18)15(6-11(12,13)14)10(4,5)7(16)17/h6H2,1-5H3,(H,16,17). The minimum absolute atomic E-state index is 0.153.